The number of nitrogens with one attached hydrogen (secondary N) is 1. The van der Waals surface area contributed by atoms with Crippen LogP contribution < -0.4 is 11.1 Å². The molecule has 1 saturated carbocycles. The van der Waals surface area contributed by atoms with Crippen molar-refractivity contribution < 1.29 is 4.79 Å². The third kappa shape index (κ3) is 3.93. The fourth-order valence-corrected chi connectivity index (χ4v) is 3.75. The predicted octanol–water partition coefficient (Wildman–Crippen LogP) is 1.49. The number of hydrogen-bond donors (Lipinski definition) is 2. The lowest BCUT2D eigenvalue weighted by Gasteiger charge is -2.40. The van der Waals surface area contributed by atoms with Gasteiger partial charge >= 0.3 is 0 Å². The number of nitrogens with two attached hydrogens (primary N) is 1. The fraction of sp³-hybridized carbons (Fsp3) is 0.933. The van der Waals surface area contributed by atoms with Crippen LogP contribution in [0.2, 0.25) is 0 Å². The molecule has 1 aliphatic heterocycles. The molecular formula is C15H29N3O. The van der Waals surface area contributed by atoms with E-state index in [0.29, 0.717) is 31.1 Å². The normalized spacial score (nSPS) is 29.6. The van der Waals surface area contributed by atoms with E-state index >= 15 is 0 Å². The van der Waals surface area contributed by atoms with Crippen LogP contribution >= 0.6 is 0 Å². The van der Waals surface area contributed by atoms with Crippen molar-refractivity contribution in [2.75, 3.05) is 19.6 Å². The van der Waals surface area contributed by atoms with Gasteiger partial charge in [-0.05, 0) is 38.1 Å². The first-order chi connectivity index (χ1) is 9.24. The molecule has 19 heavy (non-hydrogen) atoms. The number of amides is 1. The van der Waals surface area contributed by atoms with Gasteiger partial charge in [0.2, 0.25) is 5.91 Å². The second-order valence-corrected chi connectivity index (χ2v) is 6.13. The largest absolute Gasteiger partial charge is 0.352 e. The van der Waals surface area contributed by atoms with E-state index in [-0.39, 0.29) is 5.91 Å². The summed E-state index contributed by atoms with van der Waals surface area (Å²) in [6.07, 6.45) is 8.47. The van der Waals surface area contributed by atoms with Crippen LogP contribution in [-0.4, -0.2) is 42.5 Å². The van der Waals surface area contributed by atoms with Gasteiger partial charge in [-0.1, -0.05) is 26.2 Å². The highest BCUT2D eigenvalue weighted by atomic mass is 16.2. The number of likely N-dealkylation sites (tertiary alicyclic amines) is 1. The Kier molecular flexibility index (Phi) is 5.64. The molecule has 2 unspecified atom stereocenters. The second-order valence-electron chi connectivity index (χ2n) is 6.13. The molecule has 2 fully saturated rings. The first-order valence-corrected chi connectivity index (χ1v) is 7.98. The highest BCUT2D eigenvalue weighted by molar-refractivity contribution is 5.78. The van der Waals surface area contributed by atoms with Gasteiger partial charge in [-0.15, -0.1) is 0 Å². The maximum Gasteiger partial charge on any atom is 0.234 e. The van der Waals surface area contributed by atoms with Gasteiger partial charge in [-0.25, -0.2) is 0 Å². The van der Waals surface area contributed by atoms with E-state index in [1.807, 2.05) is 0 Å². The molecule has 110 valence electrons. The molecule has 2 rings (SSSR count). The van der Waals surface area contributed by atoms with Crippen molar-refractivity contribution in [3.05, 3.63) is 0 Å². The summed E-state index contributed by atoms with van der Waals surface area (Å²) >= 11 is 0. The Morgan fingerprint density at radius 1 is 1.26 bits per heavy atom. The van der Waals surface area contributed by atoms with E-state index in [1.54, 1.807) is 0 Å². The van der Waals surface area contributed by atoms with Crippen molar-refractivity contribution in [3.63, 3.8) is 0 Å². The summed E-state index contributed by atoms with van der Waals surface area (Å²) in [4.78, 5) is 14.4. The average molecular weight is 267 g/mol. The zero-order chi connectivity index (χ0) is 13.7. The maximum absolute atomic E-state index is 12.1. The molecule has 0 bridgehead atoms. The first kappa shape index (κ1) is 14.8. The molecule has 1 aliphatic carbocycles. The van der Waals surface area contributed by atoms with Crippen LogP contribution in [-0.2, 0) is 4.79 Å². The average Bonchev–Trinajstić information content (AvgIpc) is 2.91. The van der Waals surface area contributed by atoms with Crippen molar-refractivity contribution in [2.24, 2.45) is 11.7 Å². The number of nitrogens with zero attached hydrogens (tertiary/aromatic N) is 1. The van der Waals surface area contributed by atoms with Crippen molar-refractivity contribution in [1.29, 1.82) is 0 Å². The fourth-order valence-electron chi connectivity index (χ4n) is 3.75. The maximum atomic E-state index is 12.1. The SMILES string of the molecule is CCC1CCCN(CC(=O)NC2CCCC2)C1CN. The number of hydrogen-bond acceptors (Lipinski definition) is 3. The van der Waals surface area contributed by atoms with Crippen LogP contribution in [0.1, 0.15) is 51.9 Å². The monoisotopic (exact) mass is 267 g/mol. The third-order valence-electron chi connectivity index (χ3n) is 4.87. The van der Waals surface area contributed by atoms with Gasteiger partial charge in [0.1, 0.15) is 0 Å². The van der Waals surface area contributed by atoms with Gasteiger partial charge in [-0.2, -0.15) is 0 Å². The summed E-state index contributed by atoms with van der Waals surface area (Å²) in [6.45, 7) is 4.47. The molecule has 0 spiro atoms. The minimum atomic E-state index is 0.196. The predicted molar refractivity (Wildman–Crippen MR) is 77.8 cm³/mol. The van der Waals surface area contributed by atoms with Crippen LogP contribution in [0.5, 0.6) is 0 Å². The molecule has 4 nitrogen and oxygen atoms in total. The van der Waals surface area contributed by atoms with E-state index in [4.69, 9.17) is 5.73 Å². The molecule has 0 aromatic rings. The van der Waals surface area contributed by atoms with Gasteiger partial charge in [0.15, 0.2) is 0 Å². The van der Waals surface area contributed by atoms with Gasteiger partial charge in [-0.3, -0.25) is 9.69 Å². The van der Waals surface area contributed by atoms with Crippen molar-refractivity contribution in [1.82, 2.24) is 10.2 Å². The van der Waals surface area contributed by atoms with Gasteiger partial charge < -0.3 is 11.1 Å². The molecule has 0 aromatic heterocycles. The Morgan fingerprint density at radius 2 is 2.00 bits per heavy atom. The molecule has 1 heterocycles. The zero-order valence-corrected chi connectivity index (χ0v) is 12.2. The Balaban J connectivity index is 1.83. The summed E-state index contributed by atoms with van der Waals surface area (Å²) in [6, 6.07) is 0.823. The number of carbonyl (C=O) groups is 1. The van der Waals surface area contributed by atoms with Crippen molar-refractivity contribution in [3.8, 4) is 0 Å². The first-order valence-electron chi connectivity index (χ1n) is 7.98. The van der Waals surface area contributed by atoms with Crippen molar-refractivity contribution >= 4 is 5.91 Å². The van der Waals surface area contributed by atoms with Gasteiger partial charge in [0.25, 0.3) is 0 Å². The Labute approximate surface area is 117 Å². The number of piperidine rings is 1. The Morgan fingerprint density at radius 3 is 2.63 bits per heavy atom. The minimum Gasteiger partial charge on any atom is -0.352 e. The van der Waals surface area contributed by atoms with E-state index in [1.165, 1.54) is 32.1 Å². The summed E-state index contributed by atoms with van der Waals surface area (Å²) in [5.74, 6) is 0.861. The highest BCUT2D eigenvalue weighted by Gasteiger charge is 2.30. The molecule has 4 heteroatoms. The topological polar surface area (TPSA) is 58.4 Å². The molecule has 2 atom stereocenters. The molecular weight excluding hydrogens is 238 g/mol. The highest BCUT2D eigenvalue weighted by Crippen LogP contribution is 2.25. The lowest BCUT2D eigenvalue weighted by molar-refractivity contribution is -0.124. The Hall–Kier alpha value is -0.610. The molecule has 1 saturated heterocycles. The summed E-state index contributed by atoms with van der Waals surface area (Å²) in [7, 11) is 0. The smallest absolute Gasteiger partial charge is 0.234 e. The van der Waals surface area contributed by atoms with Gasteiger partial charge in [0, 0.05) is 18.6 Å². The molecule has 0 radical (unpaired) electrons. The third-order valence-corrected chi connectivity index (χ3v) is 4.87. The van der Waals surface area contributed by atoms with Crippen LogP contribution in [0.15, 0.2) is 0 Å². The zero-order valence-electron chi connectivity index (χ0n) is 12.2. The molecule has 2 aliphatic rings. The lowest BCUT2D eigenvalue weighted by Crippen LogP contribution is -2.53. The van der Waals surface area contributed by atoms with Crippen LogP contribution in [0, 0.1) is 5.92 Å². The van der Waals surface area contributed by atoms with Crippen LogP contribution in [0.4, 0.5) is 0 Å². The Bertz CT molecular complexity index is 289. The second kappa shape index (κ2) is 7.25. The standard InChI is InChI=1S/C15H29N3O/c1-2-12-6-5-9-18(14(12)10-16)11-15(19)17-13-7-3-4-8-13/h12-14H,2-11,16H2,1H3,(H,17,19). The quantitative estimate of drug-likeness (QED) is 0.793. The van der Waals surface area contributed by atoms with E-state index < -0.39 is 0 Å². The molecule has 1 amide bonds. The van der Waals surface area contributed by atoms with E-state index in [0.717, 1.165) is 19.4 Å². The van der Waals surface area contributed by atoms with E-state index in [9.17, 15) is 4.79 Å². The molecule has 3 N–H and O–H groups in total. The summed E-state index contributed by atoms with van der Waals surface area (Å²) in [5.41, 5.74) is 5.93. The summed E-state index contributed by atoms with van der Waals surface area (Å²) < 4.78 is 0. The minimum absolute atomic E-state index is 0.196. The van der Waals surface area contributed by atoms with Crippen molar-refractivity contribution in [2.45, 2.75) is 64.0 Å². The van der Waals surface area contributed by atoms with Crippen LogP contribution in [0.3, 0.4) is 0 Å². The van der Waals surface area contributed by atoms with Crippen LogP contribution in [0.25, 0.3) is 0 Å². The number of rotatable bonds is 5. The number of carbonyl (C=O) groups excluding carboxylic acids is 1. The summed E-state index contributed by atoms with van der Waals surface area (Å²) in [5, 5.41) is 3.18. The van der Waals surface area contributed by atoms with E-state index in [2.05, 4.69) is 17.1 Å². The molecule has 0 aromatic carbocycles. The lowest BCUT2D eigenvalue weighted by atomic mass is 9.87. The van der Waals surface area contributed by atoms with Gasteiger partial charge in [0.05, 0.1) is 6.54 Å².